The number of rotatable bonds is 3. The maximum absolute atomic E-state index is 2.69. The molecule has 3 heteroatoms. The fourth-order valence-electron chi connectivity index (χ4n) is 11.2. The van der Waals surface area contributed by atoms with E-state index in [9.17, 15) is 0 Å². The molecule has 7 aliphatic rings. The van der Waals surface area contributed by atoms with Crippen LogP contribution in [0.5, 0.6) is 0 Å². The zero-order valence-electron chi connectivity index (χ0n) is 26.0. The first kappa shape index (κ1) is 25.0. The molecule has 218 valence electrons. The highest BCUT2D eigenvalue weighted by Gasteiger charge is 2.57. The lowest BCUT2D eigenvalue weighted by atomic mass is 9.33. The molecule has 4 saturated carbocycles. The first-order valence-corrected chi connectivity index (χ1v) is 17.3. The highest BCUT2D eigenvalue weighted by atomic mass is 15.2. The van der Waals surface area contributed by atoms with E-state index in [1.165, 1.54) is 100 Å². The van der Waals surface area contributed by atoms with E-state index in [-0.39, 0.29) is 6.71 Å². The molecule has 0 radical (unpaired) electrons. The van der Waals surface area contributed by atoms with Gasteiger partial charge in [0.1, 0.15) is 0 Å². The summed E-state index contributed by atoms with van der Waals surface area (Å²) in [5.74, 6) is 2.80. The summed E-state index contributed by atoms with van der Waals surface area (Å²) in [6, 6.07) is 39.9. The molecule has 5 aromatic carbocycles. The van der Waals surface area contributed by atoms with Crippen molar-refractivity contribution < 1.29 is 0 Å². The molecule has 0 saturated heterocycles. The number of aryl methyl sites for hydroxylation is 2. The fraction of sp³-hybridized carbons (Fsp3) is 0.286. The van der Waals surface area contributed by atoms with Crippen molar-refractivity contribution in [2.45, 2.75) is 57.3 Å². The third-order valence-electron chi connectivity index (χ3n) is 12.8. The van der Waals surface area contributed by atoms with Crippen molar-refractivity contribution >= 4 is 57.2 Å². The van der Waals surface area contributed by atoms with Crippen molar-refractivity contribution in [2.75, 3.05) is 9.80 Å². The SMILES string of the molecule is Cc1cc2c3c(c1)N(c1ccccc1)c1c(ccc4c1CC4)B3c1ccccc1N2c1ccccc1C12CC3CC(C1)C(C3)C2. The highest BCUT2D eigenvalue weighted by molar-refractivity contribution is 7.00. The lowest BCUT2D eigenvalue weighted by molar-refractivity contribution is 0.230. The molecule has 4 bridgehead atoms. The number of benzene rings is 5. The van der Waals surface area contributed by atoms with Gasteiger partial charge in [0, 0.05) is 34.1 Å². The zero-order chi connectivity index (χ0) is 29.4. The molecule has 2 heterocycles. The van der Waals surface area contributed by atoms with Crippen LogP contribution in [0.25, 0.3) is 0 Å². The molecular weight excluding hydrogens is 543 g/mol. The Balaban J connectivity index is 1.20. The van der Waals surface area contributed by atoms with Crippen molar-refractivity contribution in [1.29, 1.82) is 0 Å². The minimum Gasteiger partial charge on any atom is -0.311 e. The summed E-state index contributed by atoms with van der Waals surface area (Å²) in [7, 11) is 0. The van der Waals surface area contributed by atoms with Gasteiger partial charge in [-0.25, -0.2) is 0 Å². The Labute approximate surface area is 266 Å². The van der Waals surface area contributed by atoms with Crippen LogP contribution in [-0.4, -0.2) is 6.71 Å². The predicted molar refractivity (Wildman–Crippen MR) is 188 cm³/mol. The molecule has 0 aromatic heterocycles. The summed E-state index contributed by atoms with van der Waals surface area (Å²) >= 11 is 0. The number of hydrogen-bond donors (Lipinski definition) is 0. The molecule has 2 aliphatic heterocycles. The molecule has 2 atom stereocenters. The second kappa shape index (κ2) is 8.72. The van der Waals surface area contributed by atoms with Gasteiger partial charge in [0.15, 0.2) is 0 Å². The maximum Gasteiger partial charge on any atom is 0.252 e. The first-order valence-electron chi connectivity index (χ1n) is 17.3. The van der Waals surface area contributed by atoms with E-state index in [2.05, 4.69) is 120 Å². The molecule has 0 spiro atoms. The van der Waals surface area contributed by atoms with E-state index in [0.29, 0.717) is 5.41 Å². The largest absolute Gasteiger partial charge is 0.311 e. The molecule has 2 unspecified atom stereocenters. The van der Waals surface area contributed by atoms with Crippen LogP contribution in [-0.2, 0) is 18.3 Å². The minimum atomic E-state index is 0.215. The lowest BCUT2D eigenvalue weighted by Gasteiger charge is -2.47. The zero-order valence-corrected chi connectivity index (χ0v) is 26.0. The third-order valence-corrected chi connectivity index (χ3v) is 12.8. The standard InChI is InChI=1S/C42H37BN2/c1-26-19-38-40-39(20-26)45(36-13-7-5-11-33(36)42-23-27-21-29(24-42)30(22-27)25-42)37-14-8-6-12-34(37)43(40)35-18-16-28-15-17-32(28)41(35)44(38)31-9-3-2-4-10-31/h2-14,16,18-20,27,29-30H,15,17,21-25H2,1H3. The van der Waals surface area contributed by atoms with Crippen molar-refractivity contribution in [3.05, 3.63) is 125 Å². The Kier molecular flexibility index (Phi) is 4.85. The Morgan fingerprint density at radius 3 is 2.11 bits per heavy atom. The van der Waals surface area contributed by atoms with Crippen molar-refractivity contribution in [2.24, 2.45) is 17.8 Å². The molecule has 4 fully saturated rings. The highest BCUT2D eigenvalue weighted by Crippen LogP contribution is 2.66. The van der Waals surface area contributed by atoms with Gasteiger partial charge in [0.05, 0.1) is 0 Å². The van der Waals surface area contributed by atoms with Gasteiger partial charge in [-0.05, 0) is 150 Å². The number of para-hydroxylation sites is 3. The molecule has 0 amide bonds. The van der Waals surface area contributed by atoms with Gasteiger partial charge in [-0.1, -0.05) is 66.7 Å². The normalized spacial score (nSPS) is 25.9. The molecule has 12 rings (SSSR count). The first-order chi connectivity index (χ1) is 22.2. The Bertz CT molecular complexity index is 2040. The van der Waals surface area contributed by atoms with Crippen LogP contribution in [0, 0.1) is 24.7 Å². The second-order valence-electron chi connectivity index (χ2n) is 15.1. The number of fused-ring (bicyclic) bond motifs is 6. The molecule has 5 aromatic rings. The summed E-state index contributed by atoms with van der Waals surface area (Å²) in [5, 5.41) is 0. The summed E-state index contributed by atoms with van der Waals surface area (Å²) < 4.78 is 0. The summed E-state index contributed by atoms with van der Waals surface area (Å²) in [6.07, 6.45) is 9.45. The summed E-state index contributed by atoms with van der Waals surface area (Å²) in [4.78, 5) is 5.30. The molecule has 0 N–H and O–H groups in total. The second-order valence-corrected chi connectivity index (χ2v) is 15.1. The van der Waals surface area contributed by atoms with Crippen LogP contribution in [0.1, 0.15) is 54.4 Å². The van der Waals surface area contributed by atoms with Crippen LogP contribution >= 0.6 is 0 Å². The van der Waals surface area contributed by atoms with E-state index in [1.54, 1.807) is 11.1 Å². The topological polar surface area (TPSA) is 6.48 Å². The van der Waals surface area contributed by atoms with Crippen LogP contribution in [0.3, 0.4) is 0 Å². The Hall–Kier alpha value is -4.24. The lowest BCUT2D eigenvalue weighted by Crippen LogP contribution is -2.62. The summed E-state index contributed by atoms with van der Waals surface area (Å²) in [6.45, 7) is 2.51. The summed E-state index contributed by atoms with van der Waals surface area (Å²) in [5.41, 5.74) is 18.8. The van der Waals surface area contributed by atoms with E-state index >= 15 is 0 Å². The maximum atomic E-state index is 2.69. The minimum absolute atomic E-state index is 0.215. The fourth-order valence-corrected chi connectivity index (χ4v) is 11.2. The van der Waals surface area contributed by atoms with Crippen LogP contribution < -0.4 is 26.2 Å². The number of nitrogens with zero attached hydrogens (tertiary/aromatic N) is 2. The smallest absolute Gasteiger partial charge is 0.252 e. The van der Waals surface area contributed by atoms with Gasteiger partial charge in [-0.3, -0.25) is 0 Å². The quantitative estimate of drug-likeness (QED) is 0.194. The van der Waals surface area contributed by atoms with E-state index in [1.807, 2.05) is 0 Å². The molecule has 5 aliphatic carbocycles. The molecule has 2 nitrogen and oxygen atoms in total. The van der Waals surface area contributed by atoms with E-state index in [0.717, 1.165) is 24.2 Å². The van der Waals surface area contributed by atoms with Crippen molar-refractivity contribution in [1.82, 2.24) is 0 Å². The van der Waals surface area contributed by atoms with Crippen LogP contribution in [0.4, 0.5) is 34.1 Å². The van der Waals surface area contributed by atoms with Gasteiger partial charge in [-0.2, -0.15) is 0 Å². The Morgan fingerprint density at radius 1 is 0.644 bits per heavy atom. The van der Waals surface area contributed by atoms with Gasteiger partial charge >= 0.3 is 0 Å². The van der Waals surface area contributed by atoms with Gasteiger partial charge in [0.25, 0.3) is 6.71 Å². The van der Waals surface area contributed by atoms with Crippen LogP contribution in [0.2, 0.25) is 0 Å². The molecule has 45 heavy (non-hydrogen) atoms. The van der Waals surface area contributed by atoms with Gasteiger partial charge in [0.2, 0.25) is 0 Å². The third kappa shape index (κ3) is 3.22. The number of hydrogen-bond acceptors (Lipinski definition) is 2. The molecular formula is C42H37BN2. The van der Waals surface area contributed by atoms with E-state index in [4.69, 9.17) is 0 Å². The van der Waals surface area contributed by atoms with E-state index < -0.39 is 0 Å². The van der Waals surface area contributed by atoms with Gasteiger partial charge in [-0.15, -0.1) is 0 Å². The van der Waals surface area contributed by atoms with Crippen LogP contribution in [0.15, 0.2) is 103 Å². The van der Waals surface area contributed by atoms with Crippen molar-refractivity contribution in [3.63, 3.8) is 0 Å². The average Bonchev–Trinajstić information content (AvgIpc) is 3.47. The number of anilines is 6. The predicted octanol–water partition coefficient (Wildman–Crippen LogP) is 8.25. The van der Waals surface area contributed by atoms with Gasteiger partial charge < -0.3 is 9.80 Å². The average molecular weight is 581 g/mol. The monoisotopic (exact) mass is 580 g/mol. The Morgan fingerprint density at radius 2 is 1.36 bits per heavy atom. The van der Waals surface area contributed by atoms with Crippen molar-refractivity contribution in [3.8, 4) is 0 Å².